The van der Waals surface area contributed by atoms with Gasteiger partial charge in [0, 0.05) is 31.6 Å². The predicted octanol–water partition coefficient (Wildman–Crippen LogP) is 5.25. The molecule has 2 heterocycles. The van der Waals surface area contributed by atoms with Crippen LogP contribution < -0.4 is 16.2 Å². The van der Waals surface area contributed by atoms with Crippen molar-refractivity contribution in [2.24, 2.45) is 0 Å². The highest BCUT2D eigenvalue weighted by Gasteiger charge is 2.28. The van der Waals surface area contributed by atoms with Crippen LogP contribution in [0.3, 0.4) is 0 Å². The van der Waals surface area contributed by atoms with Crippen molar-refractivity contribution in [1.82, 2.24) is 24.8 Å². The first-order valence-electron chi connectivity index (χ1n) is 16.4. The summed E-state index contributed by atoms with van der Waals surface area (Å²) in [5.41, 5.74) is 1.55. The number of anilines is 1. The largest absolute Gasteiger partial charge is 0.444 e. The highest BCUT2D eigenvalue weighted by atomic mass is 19.1. The van der Waals surface area contributed by atoms with Gasteiger partial charge < -0.3 is 19.4 Å². The molecule has 1 atom stereocenters. The third-order valence-corrected chi connectivity index (χ3v) is 8.09. The van der Waals surface area contributed by atoms with Gasteiger partial charge in [-0.1, -0.05) is 60.7 Å². The minimum absolute atomic E-state index is 0.00122. The molecule has 0 fully saturated rings. The Kier molecular flexibility index (Phi) is 10.8. The maximum atomic E-state index is 13.9. The molecule has 6 rings (SSSR count). The number of benzene rings is 4. The number of hydrogen-bond donors (Lipinski definition) is 2. The summed E-state index contributed by atoms with van der Waals surface area (Å²) in [4.78, 5) is 76.7. The van der Waals surface area contributed by atoms with E-state index in [9.17, 15) is 28.4 Å². The molecule has 0 spiro atoms. The van der Waals surface area contributed by atoms with Gasteiger partial charge in [0.05, 0.1) is 6.20 Å². The summed E-state index contributed by atoms with van der Waals surface area (Å²) in [6.45, 7) is -0.702. The van der Waals surface area contributed by atoms with E-state index in [1.165, 1.54) is 41.3 Å². The summed E-state index contributed by atoms with van der Waals surface area (Å²) in [5, 5.41) is 5.08. The van der Waals surface area contributed by atoms with E-state index in [4.69, 9.17) is 9.15 Å². The summed E-state index contributed by atoms with van der Waals surface area (Å²) in [6.07, 6.45) is 0.232. The average Bonchev–Trinajstić information content (AvgIpc) is 3.60. The lowest BCUT2D eigenvalue weighted by Gasteiger charge is -2.18. The minimum atomic E-state index is -1.20. The fraction of sp³-hybridized carbons (Fsp3) is 0.154. The van der Waals surface area contributed by atoms with Gasteiger partial charge in [-0.25, -0.2) is 19.2 Å². The van der Waals surface area contributed by atoms with Crippen LogP contribution in [-0.2, 0) is 29.1 Å². The van der Waals surface area contributed by atoms with E-state index >= 15 is 0 Å². The van der Waals surface area contributed by atoms with Gasteiger partial charge in [0.15, 0.2) is 5.58 Å². The number of nitrogens with zero attached hydrogens (tertiary/aromatic N) is 4. The number of ketones is 1. The maximum Gasteiger partial charge on any atom is 0.412 e. The van der Waals surface area contributed by atoms with Crippen LogP contribution in [0.25, 0.3) is 22.5 Å². The van der Waals surface area contributed by atoms with Crippen molar-refractivity contribution in [1.29, 1.82) is 0 Å². The summed E-state index contributed by atoms with van der Waals surface area (Å²) < 4.78 is 25.8. The number of carbonyl (C=O) groups is 4. The van der Waals surface area contributed by atoms with E-state index in [-0.39, 0.29) is 47.4 Å². The molecule has 53 heavy (non-hydrogen) atoms. The van der Waals surface area contributed by atoms with Gasteiger partial charge in [0.25, 0.3) is 17.4 Å². The zero-order valence-electron chi connectivity index (χ0n) is 28.6. The molecule has 6 aromatic rings. The van der Waals surface area contributed by atoms with Gasteiger partial charge in [-0.2, -0.15) is 0 Å². The minimum Gasteiger partial charge on any atom is -0.444 e. The smallest absolute Gasteiger partial charge is 0.412 e. The number of rotatable bonds is 12. The van der Waals surface area contributed by atoms with Gasteiger partial charge in [0.1, 0.15) is 42.0 Å². The highest BCUT2D eigenvalue weighted by Crippen LogP contribution is 2.21. The van der Waals surface area contributed by atoms with Crippen LogP contribution in [-0.4, -0.2) is 63.3 Å². The topological polar surface area (TPSA) is 166 Å². The van der Waals surface area contributed by atoms with Crippen LogP contribution in [0.5, 0.6) is 0 Å². The van der Waals surface area contributed by atoms with Crippen molar-refractivity contribution in [2.45, 2.75) is 25.6 Å². The Labute approximate surface area is 302 Å². The molecule has 0 saturated carbocycles. The summed E-state index contributed by atoms with van der Waals surface area (Å²) in [5.74, 6) is -2.49. The molecule has 2 aromatic heterocycles. The van der Waals surface area contributed by atoms with E-state index in [2.05, 4.69) is 20.6 Å². The normalized spacial score (nSPS) is 11.5. The molecule has 4 aromatic carbocycles. The van der Waals surface area contributed by atoms with Gasteiger partial charge in [-0.05, 0) is 53.6 Å². The predicted molar refractivity (Wildman–Crippen MR) is 193 cm³/mol. The van der Waals surface area contributed by atoms with E-state index in [1.54, 1.807) is 74.8 Å². The van der Waals surface area contributed by atoms with Crippen molar-refractivity contribution in [2.75, 3.05) is 19.4 Å². The Bertz CT molecular complexity index is 2340. The number of oxazole rings is 1. The molecular weight excluding hydrogens is 683 g/mol. The Balaban J connectivity index is 1.28. The summed E-state index contributed by atoms with van der Waals surface area (Å²) >= 11 is 0. The molecule has 14 heteroatoms. The molecule has 0 radical (unpaired) electrons. The highest BCUT2D eigenvalue weighted by molar-refractivity contribution is 6.01. The number of hydrogen-bond acceptors (Lipinski definition) is 9. The summed E-state index contributed by atoms with van der Waals surface area (Å²) in [7, 11) is 3.23. The number of Topliss-reactive ketones (excluding diaryl/α,β-unsaturated/α-hetero) is 1. The van der Waals surface area contributed by atoms with Gasteiger partial charge in [0.2, 0.25) is 11.7 Å². The second-order valence-corrected chi connectivity index (χ2v) is 12.2. The van der Waals surface area contributed by atoms with Gasteiger partial charge in [-0.3, -0.25) is 29.1 Å². The van der Waals surface area contributed by atoms with Crippen LogP contribution >= 0.6 is 0 Å². The lowest BCUT2D eigenvalue weighted by atomic mass is 10.0. The molecule has 2 N–H and O–H groups in total. The van der Waals surface area contributed by atoms with Crippen molar-refractivity contribution in [3.05, 3.63) is 148 Å². The van der Waals surface area contributed by atoms with E-state index < -0.39 is 41.7 Å². The number of amides is 3. The van der Waals surface area contributed by atoms with Gasteiger partial charge >= 0.3 is 6.09 Å². The number of carbonyl (C=O) groups excluding carboxylic acids is 4. The van der Waals surface area contributed by atoms with E-state index in [1.807, 2.05) is 6.07 Å². The van der Waals surface area contributed by atoms with Crippen LogP contribution in [0.2, 0.25) is 0 Å². The molecule has 0 aliphatic heterocycles. The Hall–Kier alpha value is -6.96. The lowest BCUT2D eigenvalue weighted by molar-refractivity contribution is -0.122. The molecule has 0 bridgehead atoms. The van der Waals surface area contributed by atoms with Crippen molar-refractivity contribution in [3.8, 4) is 11.4 Å². The first-order chi connectivity index (χ1) is 25.5. The quantitative estimate of drug-likeness (QED) is 0.161. The second-order valence-electron chi connectivity index (χ2n) is 12.2. The number of fused-ring (bicyclic) bond motifs is 1. The lowest BCUT2D eigenvalue weighted by Crippen LogP contribution is -2.45. The third kappa shape index (κ3) is 8.68. The fourth-order valence-corrected chi connectivity index (χ4v) is 5.44. The third-order valence-electron chi connectivity index (χ3n) is 8.09. The molecule has 3 amide bonds. The average molecular weight is 717 g/mol. The molecule has 1 unspecified atom stereocenters. The van der Waals surface area contributed by atoms with Crippen molar-refractivity contribution >= 4 is 40.5 Å². The van der Waals surface area contributed by atoms with Crippen LogP contribution in [0.4, 0.5) is 14.9 Å². The fourth-order valence-electron chi connectivity index (χ4n) is 5.44. The van der Waals surface area contributed by atoms with Crippen LogP contribution in [0.1, 0.15) is 32.2 Å². The van der Waals surface area contributed by atoms with Crippen LogP contribution in [0, 0.1) is 5.82 Å². The zero-order chi connectivity index (χ0) is 37.5. The Morgan fingerprint density at radius 2 is 1.58 bits per heavy atom. The number of ether oxygens (including phenoxy) is 1. The maximum absolute atomic E-state index is 13.9. The molecule has 0 saturated heterocycles. The van der Waals surface area contributed by atoms with Gasteiger partial charge in [-0.15, -0.1) is 0 Å². The second kappa shape index (κ2) is 15.9. The van der Waals surface area contributed by atoms with E-state index in [0.29, 0.717) is 16.7 Å². The molecule has 268 valence electrons. The Morgan fingerprint density at radius 1 is 0.906 bits per heavy atom. The van der Waals surface area contributed by atoms with Crippen molar-refractivity contribution in [3.63, 3.8) is 0 Å². The molecule has 0 aliphatic carbocycles. The van der Waals surface area contributed by atoms with E-state index in [0.717, 1.165) is 16.3 Å². The molecular formula is C39H33FN6O7. The summed E-state index contributed by atoms with van der Waals surface area (Å²) in [6, 6.07) is 26.4. The number of nitrogens with one attached hydrogen (secondary N) is 2. The first kappa shape index (κ1) is 35.9. The standard InChI is InChI=1S/C39H33FN6O7/c1-45(2)37(49)27-15-18-32-29(20-27)43-36(53-32)34(48)30(19-24-9-5-3-6-10-24)42-33(47)22-46-35(26-13-16-28(40)17-14-26)41-21-31(38(46)50)44-39(51)52-23-25-11-7-4-8-12-25/h3-18,20-21,30H,19,22-23H2,1-2H3,(H,42,47)(H,44,51). The SMILES string of the molecule is CN(C)C(=O)c1ccc2oc(C(=O)C(Cc3ccccc3)NC(=O)Cn3c(-c4ccc(F)cc4)ncc(NC(=O)OCc4ccccc4)c3=O)nc2c1. The Morgan fingerprint density at radius 3 is 2.26 bits per heavy atom. The van der Waals surface area contributed by atoms with Crippen molar-refractivity contribution < 1.29 is 32.7 Å². The first-order valence-corrected chi connectivity index (χ1v) is 16.4. The number of halogens is 1. The zero-order valence-corrected chi connectivity index (χ0v) is 28.6. The van der Waals surface area contributed by atoms with Crippen LogP contribution in [0.15, 0.2) is 119 Å². The molecule has 13 nitrogen and oxygen atoms in total. The monoisotopic (exact) mass is 716 g/mol. The molecule has 0 aliphatic rings. The number of aromatic nitrogens is 3.